The molecule has 1 aromatic rings. The number of tetrazole rings is 1. The molecule has 12 heavy (non-hydrogen) atoms. The van der Waals surface area contributed by atoms with Gasteiger partial charge in [0.15, 0.2) is 5.82 Å². The van der Waals surface area contributed by atoms with Crippen LogP contribution in [-0.2, 0) is 12.6 Å². The van der Waals surface area contributed by atoms with Crippen molar-refractivity contribution in [1.29, 1.82) is 0 Å². The van der Waals surface area contributed by atoms with E-state index in [4.69, 9.17) is 0 Å². The standard InChI is InChI=1S/C7H13N5/c1-7(4-3-5-8-7)6-9-11-12(2)10-6/h8H,3-5H2,1-2H3. The van der Waals surface area contributed by atoms with Gasteiger partial charge in [-0.25, -0.2) is 0 Å². The molecule has 2 heterocycles. The molecule has 0 spiro atoms. The number of nitrogens with one attached hydrogen (secondary N) is 1. The van der Waals surface area contributed by atoms with Crippen LogP contribution in [0.4, 0.5) is 0 Å². The molecule has 1 unspecified atom stereocenters. The third kappa shape index (κ3) is 1.10. The Balaban J connectivity index is 2.28. The summed E-state index contributed by atoms with van der Waals surface area (Å²) in [6.07, 6.45) is 2.29. The van der Waals surface area contributed by atoms with Gasteiger partial charge in [-0.1, -0.05) is 0 Å². The van der Waals surface area contributed by atoms with E-state index in [0.717, 1.165) is 18.8 Å². The first-order valence-corrected chi connectivity index (χ1v) is 4.20. The van der Waals surface area contributed by atoms with Gasteiger partial charge in [-0.15, -0.1) is 10.2 Å². The highest BCUT2D eigenvalue weighted by molar-refractivity contribution is 5.03. The molecule has 1 atom stereocenters. The van der Waals surface area contributed by atoms with Gasteiger partial charge in [0.05, 0.1) is 12.6 Å². The average molecular weight is 167 g/mol. The summed E-state index contributed by atoms with van der Waals surface area (Å²) in [6.45, 7) is 3.17. The minimum Gasteiger partial charge on any atom is -0.305 e. The molecule has 0 bridgehead atoms. The van der Waals surface area contributed by atoms with Crippen LogP contribution in [0.2, 0.25) is 0 Å². The van der Waals surface area contributed by atoms with Crippen LogP contribution in [0, 0.1) is 0 Å². The fraction of sp³-hybridized carbons (Fsp3) is 0.857. The molecule has 1 saturated heterocycles. The summed E-state index contributed by atoms with van der Waals surface area (Å²) in [5.74, 6) is 0.808. The van der Waals surface area contributed by atoms with E-state index in [1.807, 2.05) is 0 Å². The zero-order chi connectivity index (χ0) is 8.60. The van der Waals surface area contributed by atoms with E-state index < -0.39 is 0 Å². The summed E-state index contributed by atoms with van der Waals surface area (Å²) in [7, 11) is 1.79. The van der Waals surface area contributed by atoms with Crippen LogP contribution >= 0.6 is 0 Å². The minimum atomic E-state index is -0.0474. The SMILES string of the molecule is Cn1nnc(C2(C)CCCN2)n1. The van der Waals surface area contributed by atoms with Gasteiger partial charge in [-0.05, 0) is 31.5 Å². The fourth-order valence-corrected chi connectivity index (χ4v) is 1.59. The third-order valence-electron chi connectivity index (χ3n) is 2.37. The van der Waals surface area contributed by atoms with Crippen molar-refractivity contribution in [3.8, 4) is 0 Å². The molecule has 1 aliphatic heterocycles. The summed E-state index contributed by atoms with van der Waals surface area (Å²) < 4.78 is 0. The van der Waals surface area contributed by atoms with Crippen molar-refractivity contribution in [2.24, 2.45) is 7.05 Å². The number of aromatic nitrogens is 4. The number of hydrogen-bond donors (Lipinski definition) is 1. The maximum Gasteiger partial charge on any atom is 0.194 e. The Labute approximate surface area is 71.1 Å². The predicted octanol–water partition coefficient (Wildman–Crippen LogP) is -0.191. The normalized spacial score (nSPS) is 29.5. The van der Waals surface area contributed by atoms with Crippen LogP contribution in [0.5, 0.6) is 0 Å². The van der Waals surface area contributed by atoms with Gasteiger partial charge < -0.3 is 5.32 Å². The molecular formula is C7H13N5. The van der Waals surface area contributed by atoms with Gasteiger partial charge in [-0.3, -0.25) is 0 Å². The quantitative estimate of drug-likeness (QED) is 0.629. The summed E-state index contributed by atoms with van der Waals surface area (Å²) in [5, 5.41) is 15.4. The van der Waals surface area contributed by atoms with Crippen molar-refractivity contribution in [2.45, 2.75) is 25.3 Å². The van der Waals surface area contributed by atoms with Gasteiger partial charge in [0, 0.05) is 0 Å². The van der Waals surface area contributed by atoms with Gasteiger partial charge in [0.2, 0.25) is 0 Å². The second-order valence-electron chi connectivity index (χ2n) is 3.46. The average Bonchev–Trinajstić information content (AvgIpc) is 2.59. The Morgan fingerprint density at radius 1 is 1.58 bits per heavy atom. The lowest BCUT2D eigenvalue weighted by Gasteiger charge is -2.18. The highest BCUT2D eigenvalue weighted by atomic mass is 15.6. The molecule has 0 amide bonds. The summed E-state index contributed by atoms with van der Waals surface area (Å²) in [4.78, 5) is 1.50. The van der Waals surface area contributed by atoms with E-state index in [1.165, 1.54) is 11.2 Å². The first-order chi connectivity index (χ1) is 5.71. The summed E-state index contributed by atoms with van der Waals surface area (Å²) in [5.41, 5.74) is -0.0474. The first-order valence-electron chi connectivity index (χ1n) is 4.20. The molecule has 1 fully saturated rings. The van der Waals surface area contributed by atoms with Crippen molar-refractivity contribution in [3.05, 3.63) is 5.82 Å². The highest BCUT2D eigenvalue weighted by Gasteiger charge is 2.34. The first kappa shape index (κ1) is 7.67. The molecule has 0 radical (unpaired) electrons. The van der Waals surface area contributed by atoms with E-state index in [1.54, 1.807) is 7.05 Å². The van der Waals surface area contributed by atoms with Crippen molar-refractivity contribution in [2.75, 3.05) is 6.54 Å². The van der Waals surface area contributed by atoms with Crippen LogP contribution in [0.3, 0.4) is 0 Å². The maximum absolute atomic E-state index is 4.20. The second kappa shape index (κ2) is 2.52. The monoisotopic (exact) mass is 167 g/mol. The number of hydrogen-bond acceptors (Lipinski definition) is 4. The zero-order valence-electron chi connectivity index (χ0n) is 7.41. The van der Waals surface area contributed by atoms with E-state index in [2.05, 4.69) is 27.7 Å². The van der Waals surface area contributed by atoms with Crippen LogP contribution < -0.4 is 5.32 Å². The van der Waals surface area contributed by atoms with Crippen molar-refractivity contribution in [1.82, 2.24) is 25.5 Å². The van der Waals surface area contributed by atoms with Crippen molar-refractivity contribution < 1.29 is 0 Å². The van der Waals surface area contributed by atoms with E-state index in [9.17, 15) is 0 Å². The van der Waals surface area contributed by atoms with Crippen LogP contribution in [0.25, 0.3) is 0 Å². The lowest BCUT2D eigenvalue weighted by atomic mass is 10.0. The Morgan fingerprint density at radius 3 is 2.92 bits per heavy atom. The smallest absolute Gasteiger partial charge is 0.194 e. The van der Waals surface area contributed by atoms with E-state index in [-0.39, 0.29) is 5.54 Å². The topological polar surface area (TPSA) is 55.6 Å². The van der Waals surface area contributed by atoms with Gasteiger partial charge in [0.1, 0.15) is 0 Å². The fourth-order valence-electron chi connectivity index (χ4n) is 1.59. The Hall–Kier alpha value is -0.970. The second-order valence-corrected chi connectivity index (χ2v) is 3.46. The van der Waals surface area contributed by atoms with Crippen LogP contribution in [0.15, 0.2) is 0 Å². The molecule has 66 valence electrons. The lowest BCUT2D eigenvalue weighted by Crippen LogP contribution is -2.34. The number of rotatable bonds is 1. The molecule has 2 rings (SSSR count). The number of nitrogens with zero attached hydrogens (tertiary/aromatic N) is 4. The Morgan fingerprint density at radius 2 is 2.42 bits per heavy atom. The third-order valence-corrected chi connectivity index (χ3v) is 2.37. The maximum atomic E-state index is 4.20. The van der Waals surface area contributed by atoms with Crippen molar-refractivity contribution >= 4 is 0 Å². The van der Waals surface area contributed by atoms with Gasteiger partial charge in [-0.2, -0.15) is 4.80 Å². The highest BCUT2D eigenvalue weighted by Crippen LogP contribution is 2.26. The summed E-state index contributed by atoms with van der Waals surface area (Å²) >= 11 is 0. The molecule has 0 saturated carbocycles. The number of aryl methyl sites for hydroxylation is 1. The van der Waals surface area contributed by atoms with Gasteiger partial charge in [0.25, 0.3) is 0 Å². The molecule has 1 N–H and O–H groups in total. The summed E-state index contributed by atoms with van der Waals surface area (Å²) in [6, 6.07) is 0. The molecular weight excluding hydrogens is 154 g/mol. The molecule has 1 aromatic heterocycles. The Kier molecular flexibility index (Phi) is 1.61. The molecule has 0 aliphatic carbocycles. The predicted molar refractivity (Wildman–Crippen MR) is 43.4 cm³/mol. The van der Waals surface area contributed by atoms with Crippen LogP contribution in [-0.4, -0.2) is 26.8 Å². The largest absolute Gasteiger partial charge is 0.305 e. The van der Waals surface area contributed by atoms with E-state index >= 15 is 0 Å². The molecule has 5 heteroatoms. The lowest BCUT2D eigenvalue weighted by molar-refractivity contribution is 0.405. The molecule has 0 aromatic carbocycles. The zero-order valence-corrected chi connectivity index (χ0v) is 7.41. The van der Waals surface area contributed by atoms with Gasteiger partial charge >= 0.3 is 0 Å². The van der Waals surface area contributed by atoms with Crippen LogP contribution in [0.1, 0.15) is 25.6 Å². The Bertz CT molecular complexity index is 273. The van der Waals surface area contributed by atoms with Crippen molar-refractivity contribution in [3.63, 3.8) is 0 Å². The molecule has 5 nitrogen and oxygen atoms in total. The minimum absolute atomic E-state index is 0.0474. The van der Waals surface area contributed by atoms with E-state index in [0.29, 0.717) is 0 Å². The molecule has 1 aliphatic rings.